The third-order valence-corrected chi connectivity index (χ3v) is 4.68. The van der Waals surface area contributed by atoms with Crippen molar-refractivity contribution in [2.24, 2.45) is 11.8 Å². The van der Waals surface area contributed by atoms with Crippen LogP contribution in [0.2, 0.25) is 0 Å². The largest absolute Gasteiger partial charge is 0.353 e. The molecule has 4 nitrogen and oxygen atoms in total. The molecule has 1 N–H and O–H groups in total. The molecule has 96 valence electrons. The van der Waals surface area contributed by atoms with Gasteiger partial charge in [-0.05, 0) is 18.9 Å². The van der Waals surface area contributed by atoms with Gasteiger partial charge in [-0.3, -0.25) is 4.79 Å². The number of hydrogen-bond donors (Lipinski definition) is 1. The summed E-state index contributed by atoms with van der Waals surface area (Å²) in [5.41, 5.74) is -0.268. The van der Waals surface area contributed by atoms with Crippen molar-refractivity contribution in [3.8, 4) is 0 Å². The van der Waals surface area contributed by atoms with Crippen molar-refractivity contribution in [2.45, 2.75) is 44.9 Å². The van der Waals surface area contributed by atoms with Crippen molar-refractivity contribution in [2.75, 3.05) is 19.7 Å². The molecule has 3 aliphatic rings. The first-order valence-corrected chi connectivity index (χ1v) is 6.82. The Labute approximate surface area is 103 Å². The van der Waals surface area contributed by atoms with Crippen molar-refractivity contribution in [3.63, 3.8) is 0 Å². The lowest BCUT2D eigenvalue weighted by molar-refractivity contribution is -0.183. The van der Waals surface area contributed by atoms with Crippen LogP contribution in [0.3, 0.4) is 0 Å². The lowest BCUT2D eigenvalue weighted by Crippen LogP contribution is -2.64. The molecule has 0 aromatic rings. The van der Waals surface area contributed by atoms with Crippen LogP contribution in [0.4, 0.5) is 0 Å². The predicted octanol–water partition coefficient (Wildman–Crippen LogP) is 0.969. The van der Waals surface area contributed by atoms with E-state index in [9.17, 15) is 4.79 Å². The van der Waals surface area contributed by atoms with E-state index in [1.807, 2.05) is 0 Å². The Balaban J connectivity index is 1.95. The molecule has 4 heteroatoms. The van der Waals surface area contributed by atoms with Gasteiger partial charge in [0.15, 0.2) is 0 Å². The summed E-state index contributed by atoms with van der Waals surface area (Å²) in [4.78, 5) is 14.4. The van der Waals surface area contributed by atoms with Gasteiger partial charge in [-0.25, -0.2) is 0 Å². The van der Waals surface area contributed by atoms with Gasteiger partial charge in [0.25, 0.3) is 0 Å². The van der Waals surface area contributed by atoms with Crippen molar-refractivity contribution in [1.82, 2.24) is 10.2 Å². The number of piperidine rings is 2. The number of carbonyl (C=O) groups is 1. The molecule has 1 spiro atoms. The summed E-state index contributed by atoms with van der Waals surface area (Å²) < 4.78 is 6.16. The first-order chi connectivity index (χ1) is 8.15. The Kier molecular flexibility index (Phi) is 2.67. The van der Waals surface area contributed by atoms with Crippen LogP contribution in [0, 0.1) is 11.8 Å². The molecule has 3 fully saturated rings. The highest BCUT2D eigenvalue weighted by Gasteiger charge is 2.57. The van der Waals surface area contributed by atoms with Crippen LogP contribution in [0.15, 0.2) is 0 Å². The maximum absolute atomic E-state index is 12.3. The van der Waals surface area contributed by atoms with Crippen molar-refractivity contribution in [3.05, 3.63) is 0 Å². The number of nitrogens with zero attached hydrogens (tertiary/aromatic N) is 1. The Hall–Kier alpha value is -0.610. The third-order valence-electron chi connectivity index (χ3n) is 4.68. The highest BCUT2D eigenvalue weighted by Crippen LogP contribution is 2.45. The fraction of sp³-hybridized carbons (Fsp3) is 0.923. The number of amides is 1. The van der Waals surface area contributed by atoms with Crippen LogP contribution < -0.4 is 5.32 Å². The maximum atomic E-state index is 12.3. The summed E-state index contributed by atoms with van der Waals surface area (Å²) in [6, 6.07) is 0.281. The fourth-order valence-corrected chi connectivity index (χ4v) is 3.70. The van der Waals surface area contributed by atoms with Gasteiger partial charge >= 0.3 is 0 Å². The zero-order chi connectivity index (χ0) is 12.0. The predicted molar refractivity (Wildman–Crippen MR) is 64.4 cm³/mol. The Bertz CT molecular complexity index is 331. The van der Waals surface area contributed by atoms with E-state index in [4.69, 9.17) is 4.74 Å². The normalized spacial score (nSPS) is 41.6. The van der Waals surface area contributed by atoms with E-state index in [2.05, 4.69) is 24.1 Å². The summed E-state index contributed by atoms with van der Waals surface area (Å²) in [6.45, 7) is 7.05. The second-order valence-corrected chi connectivity index (χ2v) is 5.92. The van der Waals surface area contributed by atoms with Crippen LogP contribution in [-0.4, -0.2) is 42.3 Å². The van der Waals surface area contributed by atoms with Gasteiger partial charge in [0.1, 0.15) is 5.72 Å². The molecule has 3 rings (SSSR count). The summed E-state index contributed by atoms with van der Waals surface area (Å²) in [6.07, 6.45) is 2.63. The van der Waals surface area contributed by atoms with E-state index in [-0.39, 0.29) is 11.8 Å². The molecule has 3 atom stereocenters. The zero-order valence-electron chi connectivity index (χ0n) is 10.7. The Morgan fingerprint density at radius 1 is 1.53 bits per heavy atom. The van der Waals surface area contributed by atoms with Gasteiger partial charge in [0.05, 0.1) is 12.6 Å². The molecule has 17 heavy (non-hydrogen) atoms. The van der Waals surface area contributed by atoms with Gasteiger partial charge in [0.2, 0.25) is 5.91 Å². The van der Waals surface area contributed by atoms with Crippen LogP contribution in [0.1, 0.15) is 33.1 Å². The minimum atomic E-state index is -0.268. The highest BCUT2D eigenvalue weighted by molar-refractivity contribution is 5.78. The first-order valence-electron chi connectivity index (χ1n) is 6.82. The smallest absolute Gasteiger partial charge is 0.225 e. The summed E-state index contributed by atoms with van der Waals surface area (Å²) in [5.74, 6) is 1.27. The molecular weight excluding hydrogens is 216 g/mol. The summed E-state index contributed by atoms with van der Waals surface area (Å²) in [7, 11) is 0. The van der Waals surface area contributed by atoms with Crippen LogP contribution >= 0.6 is 0 Å². The second-order valence-electron chi connectivity index (χ2n) is 5.92. The van der Waals surface area contributed by atoms with Gasteiger partial charge in [-0.15, -0.1) is 0 Å². The fourth-order valence-electron chi connectivity index (χ4n) is 3.70. The first kappa shape index (κ1) is 11.5. The number of ether oxygens (including phenoxy) is 1. The quantitative estimate of drug-likeness (QED) is 0.740. The molecule has 0 saturated carbocycles. The van der Waals surface area contributed by atoms with Gasteiger partial charge < -0.3 is 15.0 Å². The van der Waals surface area contributed by atoms with E-state index >= 15 is 0 Å². The number of hydrogen-bond acceptors (Lipinski definition) is 3. The standard InChI is InChI=1S/C13H22N2O2/c1-9(2)11-8-17-13-5-6-14-7-10(13)3-4-12(16)15(11)13/h9-11,14H,3-8H2,1-2H3. The zero-order valence-corrected chi connectivity index (χ0v) is 10.7. The van der Waals surface area contributed by atoms with Gasteiger partial charge in [-0.1, -0.05) is 13.8 Å². The Morgan fingerprint density at radius 2 is 2.35 bits per heavy atom. The molecular formula is C13H22N2O2. The molecule has 3 saturated heterocycles. The van der Waals surface area contributed by atoms with Crippen molar-refractivity contribution >= 4 is 5.91 Å². The Morgan fingerprint density at radius 3 is 3.12 bits per heavy atom. The number of rotatable bonds is 1. The molecule has 3 unspecified atom stereocenters. The highest BCUT2D eigenvalue weighted by atomic mass is 16.5. The molecule has 0 radical (unpaired) electrons. The summed E-state index contributed by atoms with van der Waals surface area (Å²) in [5, 5.41) is 3.43. The molecule has 0 aromatic carbocycles. The monoisotopic (exact) mass is 238 g/mol. The topological polar surface area (TPSA) is 41.6 Å². The van der Waals surface area contributed by atoms with E-state index in [0.29, 0.717) is 24.2 Å². The molecule has 1 amide bonds. The minimum absolute atomic E-state index is 0.268. The van der Waals surface area contributed by atoms with Crippen LogP contribution in [0.25, 0.3) is 0 Å². The number of carbonyl (C=O) groups excluding carboxylic acids is 1. The van der Waals surface area contributed by atoms with Crippen LogP contribution in [-0.2, 0) is 9.53 Å². The van der Waals surface area contributed by atoms with Crippen molar-refractivity contribution in [1.29, 1.82) is 0 Å². The number of nitrogens with one attached hydrogen (secondary N) is 1. The van der Waals surface area contributed by atoms with Crippen LogP contribution in [0.5, 0.6) is 0 Å². The molecule has 0 aromatic heterocycles. The minimum Gasteiger partial charge on any atom is -0.353 e. The lowest BCUT2D eigenvalue weighted by atomic mass is 9.80. The average molecular weight is 238 g/mol. The molecule has 3 heterocycles. The molecule has 0 aliphatic carbocycles. The summed E-state index contributed by atoms with van der Waals surface area (Å²) >= 11 is 0. The van der Waals surface area contributed by atoms with E-state index in [1.54, 1.807) is 0 Å². The molecule has 0 bridgehead atoms. The maximum Gasteiger partial charge on any atom is 0.225 e. The van der Waals surface area contributed by atoms with Gasteiger partial charge in [-0.2, -0.15) is 0 Å². The van der Waals surface area contributed by atoms with E-state index < -0.39 is 0 Å². The second kappa shape index (κ2) is 3.95. The van der Waals surface area contributed by atoms with Gasteiger partial charge in [0, 0.05) is 25.3 Å². The SMILES string of the molecule is CC(C)C1COC23CCNCC2CCC(=O)N13. The molecule has 3 aliphatic heterocycles. The lowest BCUT2D eigenvalue weighted by Gasteiger charge is -2.51. The average Bonchev–Trinajstić information content (AvgIpc) is 2.69. The van der Waals surface area contributed by atoms with E-state index in [0.717, 1.165) is 32.5 Å². The van der Waals surface area contributed by atoms with Crippen molar-refractivity contribution < 1.29 is 9.53 Å². The third kappa shape index (κ3) is 1.54. The van der Waals surface area contributed by atoms with E-state index in [1.165, 1.54) is 0 Å².